The molecule has 62 heavy (non-hydrogen) atoms. The van der Waals surface area contributed by atoms with Crippen molar-refractivity contribution in [2.45, 2.75) is 85.8 Å². The molecule has 22 heteroatoms. The molecule has 7 N–H and O–H groups in total. The van der Waals surface area contributed by atoms with Gasteiger partial charge in [0.1, 0.15) is 6.54 Å². The van der Waals surface area contributed by atoms with Gasteiger partial charge in [-0.1, -0.05) is 30.4 Å². The van der Waals surface area contributed by atoms with Gasteiger partial charge in [-0.2, -0.15) is 38.2 Å². The van der Waals surface area contributed by atoms with Gasteiger partial charge in [0.05, 0.1) is 33.3 Å². The van der Waals surface area contributed by atoms with E-state index in [1.165, 1.54) is 31.4 Å². The second kappa shape index (κ2) is 20.6. The molecule has 4 rings (SSSR count). The molecule has 2 atom stereocenters. The van der Waals surface area contributed by atoms with Crippen molar-refractivity contribution < 1.29 is 66.0 Å². The van der Waals surface area contributed by atoms with Crippen molar-refractivity contribution in [3.63, 3.8) is 0 Å². The number of anilines is 1. The average molecular weight is 944 g/mol. The highest BCUT2D eigenvalue weighted by molar-refractivity contribution is 7.86. The Hall–Kier alpha value is -4.10. The quantitative estimate of drug-likeness (QED) is 0.0171. The number of ether oxygens (including phenoxy) is 1. The first-order valence-corrected chi connectivity index (χ1v) is 25.7. The lowest BCUT2D eigenvalue weighted by Gasteiger charge is -2.30. The molecule has 0 radical (unpaired) electrons. The number of amides is 1. The van der Waals surface area contributed by atoms with Crippen LogP contribution >= 0.6 is 0 Å². The molecule has 2 aliphatic rings. The number of rotatable bonds is 23. The van der Waals surface area contributed by atoms with E-state index in [-0.39, 0.29) is 54.4 Å². The number of fused-ring (bicyclic) bond motifs is 2. The highest BCUT2D eigenvalue weighted by Gasteiger charge is 2.48. The lowest BCUT2D eigenvalue weighted by molar-refractivity contribution is -0.438. The van der Waals surface area contributed by atoms with Gasteiger partial charge in [-0.25, -0.2) is 5.84 Å². The fourth-order valence-corrected chi connectivity index (χ4v) is 10.1. The number of nitrogens with one attached hydrogen (secondary N) is 1. The number of hydrazine groups is 1. The number of hydrogen-bond donors (Lipinski definition) is 6. The standard InChI is InChI=1S/C40H54N4O14S4/c1-39(21-12-26-59(46,47)48)32-28-30(61(52,53)54)17-19-34(32)43(23-11-7-10-16-38(45)42-41)36(39)14-8-5-4-6-9-15-37-40(2,22-13-27-60(49,50)51)33-29-31(62(55,56)57)18-20-35(33)44(37)24-25-58-3/h4-6,8-9,14-15,17-20,28-29H,7,10-13,16,21-27,41H2,1-3H3,(H4-,42,45,46,47,48,49,50,51,52,53,54,55,56,57)/p+1. The smallest absolute Gasteiger partial charge is 0.294 e. The number of unbranched alkanes of at least 4 members (excludes halogenated alkanes) is 2. The van der Waals surface area contributed by atoms with E-state index in [1.807, 2.05) is 29.4 Å². The van der Waals surface area contributed by atoms with Crippen LogP contribution in [0.2, 0.25) is 0 Å². The van der Waals surface area contributed by atoms with Gasteiger partial charge in [0, 0.05) is 61.0 Å². The summed E-state index contributed by atoms with van der Waals surface area (Å²) < 4.78 is 142. The van der Waals surface area contributed by atoms with Gasteiger partial charge in [-0.3, -0.25) is 28.4 Å². The predicted octanol–water partition coefficient (Wildman–Crippen LogP) is 4.40. The van der Waals surface area contributed by atoms with Crippen LogP contribution in [0.25, 0.3) is 0 Å². The molecule has 2 heterocycles. The van der Waals surface area contributed by atoms with Crippen LogP contribution in [0.15, 0.2) is 94.4 Å². The van der Waals surface area contributed by atoms with E-state index in [9.17, 15) is 56.7 Å². The van der Waals surface area contributed by atoms with Crippen LogP contribution < -0.4 is 16.2 Å². The van der Waals surface area contributed by atoms with Gasteiger partial charge in [0.25, 0.3) is 40.5 Å². The second-order valence-corrected chi connectivity index (χ2v) is 21.5. The Labute approximate surface area is 363 Å². The lowest BCUT2D eigenvalue weighted by Crippen LogP contribution is -2.32. The van der Waals surface area contributed by atoms with Crippen LogP contribution in [0.5, 0.6) is 0 Å². The van der Waals surface area contributed by atoms with E-state index in [4.69, 9.17) is 10.6 Å². The van der Waals surface area contributed by atoms with E-state index in [2.05, 4.69) is 5.43 Å². The normalized spacial score (nSPS) is 20.3. The molecule has 0 fully saturated rings. The largest absolute Gasteiger partial charge is 0.383 e. The summed E-state index contributed by atoms with van der Waals surface area (Å²) in [6.07, 6.45) is 14.7. The molecule has 0 aliphatic carbocycles. The summed E-state index contributed by atoms with van der Waals surface area (Å²) >= 11 is 0. The van der Waals surface area contributed by atoms with Crippen molar-refractivity contribution in [3.05, 3.63) is 95.8 Å². The highest BCUT2D eigenvalue weighted by atomic mass is 32.2. The molecule has 0 bridgehead atoms. The molecule has 2 aliphatic heterocycles. The number of nitrogens with zero attached hydrogens (tertiary/aromatic N) is 2. The van der Waals surface area contributed by atoms with Crippen molar-refractivity contribution in [3.8, 4) is 0 Å². The first-order valence-electron chi connectivity index (χ1n) is 19.6. The Morgan fingerprint density at radius 1 is 0.758 bits per heavy atom. The van der Waals surface area contributed by atoms with Crippen molar-refractivity contribution >= 4 is 63.5 Å². The number of nitrogens with two attached hydrogens (primary N) is 1. The van der Waals surface area contributed by atoms with Gasteiger partial charge in [0.15, 0.2) is 5.71 Å². The molecule has 2 unspecified atom stereocenters. The summed E-state index contributed by atoms with van der Waals surface area (Å²) in [5, 5.41) is 0. The van der Waals surface area contributed by atoms with Crippen LogP contribution in [0.1, 0.15) is 76.3 Å². The van der Waals surface area contributed by atoms with Crippen LogP contribution in [0.3, 0.4) is 0 Å². The maximum atomic E-state index is 12.2. The zero-order valence-corrected chi connectivity index (χ0v) is 37.9. The SMILES string of the molecule is COCCN1/C(=C/C=C/C=C/C=C/C2=[N+](CCCCCC(=O)NN)c3ccc(S(=O)(=O)O)cc3C2(C)CCCS(=O)(=O)O)C(C)(CCCS(=O)(=O)O)c2cc(S(=O)(=O)O)ccc21. The topological polar surface area (TPSA) is 288 Å². The van der Waals surface area contributed by atoms with Crippen molar-refractivity contribution in [1.82, 2.24) is 5.43 Å². The summed E-state index contributed by atoms with van der Waals surface area (Å²) in [6.45, 7) is 4.70. The molecule has 2 aromatic rings. The monoisotopic (exact) mass is 943 g/mol. The summed E-state index contributed by atoms with van der Waals surface area (Å²) in [4.78, 5) is 12.9. The molecule has 0 spiro atoms. The maximum absolute atomic E-state index is 12.2. The number of carbonyl (C=O) groups excluding carboxylic acids is 1. The Kier molecular flexibility index (Phi) is 16.8. The third-order valence-electron chi connectivity index (χ3n) is 11.1. The fourth-order valence-electron chi connectivity index (χ4n) is 8.08. The van der Waals surface area contributed by atoms with E-state index >= 15 is 0 Å². The van der Waals surface area contributed by atoms with Crippen LogP contribution in [0, 0.1) is 0 Å². The minimum Gasteiger partial charge on any atom is -0.383 e. The average Bonchev–Trinajstić information content (AvgIpc) is 3.54. The Bertz CT molecular complexity index is 2610. The van der Waals surface area contributed by atoms with Gasteiger partial charge in [0.2, 0.25) is 11.6 Å². The van der Waals surface area contributed by atoms with Crippen LogP contribution in [-0.4, -0.2) is 106 Å². The zero-order valence-electron chi connectivity index (χ0n) is 34.7. The van der Waals surface area contributed by atoms with Crippen LogP contribution in [-0.2, 0) is 60.8 Å². The predicted molar refractivity (Wildman–Crippen MR) is 234 cm³/mol. The van der Waals surface area contributed by atoms with E-state index in [0.29, 0.717) is 66.3 Å². The van der Waals surface area contributed by atoms with E-state index < -0.39 is 62.8 Å². The molecule has 342 valence electrons. The van der Waals surface area contributed by atoms with Crippen molar-refractivity contribution in [2.24, 2.45) is 5.84 Å². The summed E-state index contributed by atoms with van der Waals surface area (Å²) in [6, 6.07) is 8.41. The molecule has 0 saturated carbocycles. The number of methoxy groups -OCH3 is 1. The molecular weight excluding hydrogens is 889 g/mol. The Morgan fingerprint density at radius 3 is 1.90 bits per heavy atom. The summed E-state index contributed by atoms with van der Waals surface area (Å²) in [5.74, 6) is 3.84. The molecule has 0 saturated heterocycles. The molecule has 0 aromatic heterocycles. The molecule has 2 aromatic carbocycles. The first-order chi connectivity index (χ1) is 28.9. The highest BCUT2D eigenvalue weighted by Crippen LogP contribution is 2.51. The first kappa shape index (κ1) is 50.5. The zero-order chi connectivity index (χ0) is 46.1. The van der Waals surface area contributed by atoms with Gasteiger partial charge < -0.3 is 9.64 Å². The molecule has 1 amide bonds. The van der Waals surface area contributed by atoms with Crippen LogP contribution in [0.4, 0.5) is 11.4 Å². The number of hydrogen-bond acceptors (Lipinski definition) is 12. The fraction of sp³-hybridized carbons (Fsp3) is 0.450. The lowest BCUT2D eigenvalue weighted by atomic mass is 9.76. The van der Waals surface area contributed by atoms with Gasteiger partial charge >= 0.3 is 0 Å². The minimum absolute atomic E-state index is 0.0224. The third kappa shape index (κ3) is 13.0. The number of benzene rings is 2. The molecule has 18 nitrogen and oxygen atoms in total. The summed E-state index contributed by atoms with van der Waals surface area (Å²) in [5.41, 5.74) is 3.84. The number of carbonyl (C=O) groups is 1. The molecular formula is C40H55N4O14S4+. The number of allylic oxidation sites excluding steroid dienone is 8. The van der Waals surface area contributed by atoms with E-state index in [0.717, 1.165) is 0 Å². The van der Waals surface area contributed by atoms with Gasteiger partial charge in [-0.15, -0.1) is 0 Å². The van der Waals surface area contributed by atoms with E-state index in [1.54, 1.807) is 48.6 Å². The van der Waals surface area contributed by atoms with Gasteiger partial charge in [-0.05, 0) is 94.3 Å². The third-order valence-corrected chi connectivity index (χ3v) is 14.4. The Morgan fingerprint density at radius 2 is 1.32 bits per heavy atom. The second-order valence-electron chi connectivity index (χ2n) is 15.5. The maximum Gasteiger partial charge on any atom is 0.294 e. The van der Waals surface area contributed by atoms with Crippen molar-refractivity contribution in [2.75, 3.05) is 43.2 Å². The van der Waals surface area contributed by atoms with Crippen molar-refractivity contribution in [1.29, 1.82) is 0 Å². The Balaban J connectivity index is 1.73. The minimum atomic E-state index is -4.61. The summed E-state index contributed by atoms with van der Waals surface area (Å²) in [7, 11) is -16.3.